The number of halogens is 4. The molecule has 0 saturated heterocycles. The van der Waals surface area contributed by atoms with Crippen LogP contribution < -0.4 is 20.6 Å². The number of anilines is 1. The van der Waals surface area contributed by atoms with Crippen LogP contribution in [0, 0.1) is 11.7 Å². The molecule has 1 aromatic carbocycles. The molecule has 0 bridgehead atoms. The van der Waals surface area contributed by atoms with Crippen molar-refractivity contribution in [3.05, 3.63) is 71.8 Å². The fraction of sp³-hybridized carbons (Fsp3) is 0.208. The number of imidazole rings is 1. The highest BCUT2D eigenvalue weighted by molar-refractivity contribution is 7.90. The van der Waals surface area contributed by atoms with Gasteiger partial charge in [-0.3, -0.25) is 4.79 Å². The summed E-state index contributed by atoms with van der Waals surface area (Å²) in [6, 6.07) is 9.22. The Hall–Kier alpha value is -4.20. The number of hydrogen-bond acceptors (Lipinski definition) is 6. The molecule has 4 rings (SSSR count). The minimum absolute atomic E-state index is 0.0557. The molecule has 38 heavy (non-hydrogen) atoms. The van der Waals surface area contributed by atoms with Crippen LogP contribution in [0.15, 0.2) is 59.8 Å². The molecule has 4 N–H and O–H groups in total. The Labute approximate surface area is 214 Å². The van der Waals surface area contributed by atoms with E-state index in [1.807, 2.05) is 13.8 Å². The van der Waals surface area contributed by atoms with E-state index in [2.05, 4.69) is 4.98 Å². The molecule has 0 aliphatic rings. The first-order chi connectivity index (χ1) is 17.7. The lowest BCUT2D eigenvalue weighted by atomic mass is 10.1. The lowest BCUT2D eigenvalue weighted by Gasteiger charge is -2.11. The molecule has 3 aromatic heterocycles. The molecular formula is C24H22F4N5O4S+. The van der Waals surface area contributed by atoms with E-state index in [0.29, 0.717) is 6.20 Å². The Balaban J connectivity index is 2.10. The molecule has 3 heterocycles. The maximum Gasteiger partial charge on any atom is 0.458 e. The Morgan fingerprint density at radius 3 is 2.47 bits per heavy atom. The first-order valence-electron chi connectivity index (χ1n) is 11.1. The largest absolute Gasteiger partial charge is 0.493 e. The van der Waals surface area contributed by atoms with Gasteiger partial charge in [0.25, 0.3) is 11.6 Å². The van der Waals surface area contributed by atoms with Gasteiger partial charge >= 0.3 is 21.8 Å². The second-order valence-electron chi connectivity index (χ2n) is 8.75. The zero-order chi connectivity index (χ0) is 28.0. The Kier molecular flexibility index (Phi) is 6.78. The number of aromatic nitrogens is 3. The van der Waals surface area contributed by atoms with Gasteiger partial charge in [-0.2, -0.15) is 26.0 Å². The predicted octanol–water partition coefficient (Wildman–Crippen LogP) is 3.40. The molecule has 0 aliphatic carbocycles. The molecular weight excluding hydrogens is 530 g/mol. The first-order valence-corrected chi connectivity index (χ1v) is 12.5. The molecule has 14 heteroatoms. The fourth-order valence-electron chi connectivity index (χ4n) is 3.77. The van der Waals surface area contributed by atoms with Gasteiger partial charge in [0.1, 0.15) is 34.8 Å². The van der Waals surface area contributed by atoms with E-state index in [9.17, 15) is 30.8 Å². The normalized spacial score (nSPS) is 12.3. The SMILES string of the molecule is CC(C)COc1cc(F)cc(-c2ccc(C(N)=O)c3n(S(=O)(=O)c4cccc(N)n4)c(C(F)(F)F)c[n+]23)c1. The Morgan fingerprint density at radius 2 is 1.87 bits per heavy atom. The topological polar surface area (TPSA) is 134 Å². The zero-order valence-corrected chi connectivity index (χ0v) is 20.8. The number of nitrogens with two attached hydrogens (primary N) is 2. The zero-order valence-electron chi connectivity index (χ0n) is 20.0. The van der Waals surface area contributed by atoms with Crippen molar-refractivity contribution in [2.24, 2.45) is 11.7 Å². The molecule has 0 atom stereocenters. The third-order valence-corrected chi connectivity index (χ3v) is 6.96. The summed E-state index contributed by atoms with van der Waals surface area (Å²) in [5.41, 5.74) is 8.06. The van der Waals surface area contributed by atoms with Gasteiger partial charge in [-0.15, -0.1) is 3.97 Å². The highest BCUT2D eigenvalue weighted by Gasteiger charge is 2.48. The standard InChI is InChI=1S/C24H21F4N5O4S/c1-13(2)12-37-16-9-14(8-15(25)10-16)18-7-6-17(22(30)34)23-32(18)11-19(24(26,27)28)33(23)38(35,36)21-5-3-4-20(29)31-21/h3-11,13H,12H2,1-2H3,(H3-,29,30,31,34)/p+1. The second-order valence-corrected chi connectivity index (χ2v) is 10.5. The van der Waals surface area contributed by atoms with Crippen molar-refractivity contribution in [1.29, 1.82) is 0 Å². The molecule has 0 radical (unpaired) electrons. The minimum atomic E-state index is -5.21. The van der Waals surface area contributed by atoms with Crippen LogP contribution in [-0.4, -0.2) is 29.9 Å². The maximum atomic E-state index is 14.5. The van der Waals surface area contributed by atoms with Gasteiger partial charge in [0.2, 0.25) is 0 Å². The van der Waals surface area contributed by atoms with Crippen LogP contribution in [0.4, 0.5) is 23.4 Å². The average Bonchev–Trinajstić information content (AvgIpc) is 3.24. The number of hydrogen-bond donors (Lipinski definition) is 2. The van der Waals surface area contributed by atoms with Crippen LogP contribution in [0.2, 0.25) is 0 Å². The van der Waals surface area contributed by atoms with Crippen molar-refractivity contribution < 1.29 is 39.9 Å². The summed E-state index contributed by atoms with van der Waals surface area (Å²) < 4.78 is 90.6. The molecule has 200 valence electrons. The van der Waals surface area contributed by atoms with Gasteiger partial charge in [0.05, 0.1) is 6.61 Å². The van der Waals surface area contributed by atoms with E-state index in [4.69, 9.17) is 16.2 Å². The van der Waals surface area contributed by atoms with Gasteiger partial charge in [0.15, 0.2) is 5.03 Å². The van der Waals surface area contributed by atoms with Crippen LogP contribution in [0.25, 0.3) is 16.9 Å². The number of nitrogens with zero attached hydrogens (tertiary/aromatic N) is 3. The molecule has 0 fully saturated rings. The number of amides is 1. The smallest absolute Gasteiger partial charge is 0.458 e. The van der Waals surface area contributed by atoms with Crippen molar-refractivity contribution in [1.82, 2.24) is 8.96 Å². The summed E-state index contributed by atoms with van der Waals surface area (Å²) in [4.78, 5) is 15.9. The van der Waals surface area contributed by atoms with Crippen molar-refractivity contribution in [2.75, 3.05) is 12.3 Å². The lowest BCUT2D eigenvalue weighted by molar-refractivity contribution is -0.498. The molecule has 0 spiro atoms. The number of benzene rings is 1. The summed E-state index contributed by atoms with van der Waals surface area (Å²) in [5, 5.41) is -0.794. The quantitative estimate of drug-likeness (QED) is 0.267. The summed E-state index contributed by atoms with van der Waals surface area (Å²) in [5.74, 6) is -1.99. The maximum absolute atomic E-state index is 14.5. The molecule has 1 amide bonds. The molecule has 0 unspecified atom stereocenters. The number of carbonyl (C=O) groups is 1. The molecule has 0 aliphatic heterocycles. The minimum Gasteiger partial charge on any atom is -0.493 e. The number of nitrogen functional groups attached to an aromatic ring is 1. The van der Waals surface area contributed by atoms with Crippen molar-refractivity contribution >= 4 is 27.4 Å². The van der Waals surface area contributed by atoms with E-state index < -0.39 is 49.9 Å². The number of pyridine rings is 2. The number of rotatable bonds is 7. The highest BCUT2D eigenvalue weighted by atomic mass is 32.2. The monoisotopic (exact) mass is 552 g/mol. The average molecular weight is 553 g/mol. The number of fused-ring (bicyclic) bond motifs is 1. The third kappa shape index (κ3) is 4.98. The first kappa shape index (κ1) is 26.9. The fourth-order valence-corrected chi connectivity index (χ4v) is 5.25. The van der Waals surface area contributed by atoms with E-state index in [1.54, 1.807) is 0 Å². The lowest BCUT2D eigenvalue weighted by Crippen LogP contribution is -2.30. The van der Waals surface area contributed by atoms with E-state index >= 15 is 0 Å². The van der Waals surface area contributed by atoms with Crippen molar-refractivity contribution in [3.63, 3.8) is 0 Å². The summed E-state index contributed by atoms with van der Waals surface area (Å²) >= 11 is 0. The Bertz CT molecular complexity index is 1670. The van der Waals surface area contributed by atoms with E-state index in [1.165, 1.54) is 24.3 Å². The molecule has 4 aromatic rings. The van der Waals surface area contributed by atoms with Gasteiger partial charge in [-0.25, -0.2) is 9.37 Å². The summed E-state index contributed by atoms with van der Waals surface area (Å²) in [6.45, 7) is 3.99. The Morgan fingerprint density at radius 1 is 1.16 bits per heavy atom. The third-order valence-electron chi connectivity index (χ3n) is 5.36. The second kappa shape index (κ2) is 9.59. The predicted molar refractivity (Wildman–Crippen MR) is 128 cm³/mol. The van der Waals surface area contributed by atoms with E-state index in [-0.39, 0.29) is 39.3 Å². The van der Waals surface area contributed by atoms with Gasteiger partial charge < -0.3 is 16.2 Å². The number of primary amides is 1. The van der Waals surface area contributed by atoms with Gasteiger partial charge in [0, 0.05) is 11.6 Å². The van der Waals surface area contributed by atoms with Crippen LogP contribution in [0.5, 0.6) is 5.75 Å². The highest BCUT2D eigenvalue weighted by Crippen LogP contribution is 2.34. The van der Waals surface area contributed by atoms with E-state index in [0.717, 1.165) is 28.7 Å². The van der Waals surface area contributed by atoms with Crippen LogP contribution in [-0.2, 0) is 16.2 Å². The number of carbonyl (C=O) groups excluding carboxylic acids is 1. The number of alkyl halides is 3. The van der Waals surface area contributed by atoms with Crippen molar-refractivity contribution in [3.8, 4) is 17.0 Å². The molecule has 0 saturated carbocycles. The molecule has 9 nitrogen and oxygen atoms in total. The summed E-state index contributed by atoms with van der Waals surface area (Å²) in [7, 11) is -5.07. The summed E-state index contributed by atoms with van der Waals surface area (Å²) in [6.07, 6.45) is -4.72. The van der Waals surface area contributed by atoms with Crippen LogP contribution in [0.3, 0.4) is 0 Å². The van der Waals surface area contributed by atoms with Crippen LogP contribution >= 0.6 is 0 Å². The van der Waals surface area contributed by atoms with Gasteiger partial charge in [-0.1, -0.05) is 19.9 Å². The number of ether oxygens (including phenoxy) is 1. The van der Waals surface area contributed by atoms with Gasteiger partial charge in [-0.05, 0) is 42.3 Å². The van der Waals surface area contributed by atoms with Crippen LogP contribution in [0.1, 0.15) is 29.9 Å². The van der Waals surface area contributed by atoms with Crippen molar-refractivity contribution in [2.45, 2.75) is 25.0 Å².